The summed E-state index contributed by atoms with van der Waals surface area (Å²) in [4.78, 5) is 3.17. The molecule has 4 nitrogen and oxygen atoms in total. The van der Waals surface area contributed by atoms with Gasteiger partial charge in [0.2, 0.25) is 5.39 Å². The lowest BCUT2D eigenvalue weighted by molar-refractivity contribution is 0.431. The topological polar surface area (TPSA) is 53.3 Å². The predicted molar refractivity (Wildman–Crippen MR) is 78.9 cm³/mol. The lowest BCUT2D eigenvalue weighted by atomic mass is 10.2. The molecule has 0 spiro atoms. The van der Waals surface area contributed by atoms with Gasteiger partial charge in [-0.3, -0.25) is 0 Å². The number of fused-ring (bicyclic) bond motifs is 1. The fourth-order valence-corrected chi connectivity index (χ4v) is 2.49. The zero-order valence-corrected chi connectivity index (χ0v) is 11.2. The molecule has 0 bridgehead atoms. The van der Waals surface area contributed by atoms with E-state index < -0.39 is 0 Å². The van der Waals surface area contributed by atoms with E-state index in [-0.39, 0.29) is 11.6 Å². The van der Waals surface area contributed by atoms with E-state index in [1.807, 2.05) is 30.3 Å². The molecule has 0 aliphatic carbocycles. The highest BCUT2D eigenvalue weighted by molar-refractivity contribution is 6.31. The predicted octanol–water partition coefficient (Wildman–Crippen LogP) is 4.53. The number of hydrogen-bond donors (Lipinski definition) is 1. The number of aromatic nitrogens is 1. The van der Waals surface area contributed by atoms with Crippen LogP contribution >= 0.6 is 11.6 Å². The molecule has 0 amide bonds. The highest BCUT2D eigenvalue weighted by atomic mass is 35.5. The molecule has 0 unspecified atom stereocenters. The Hall–Kier alpha value is -2.51. The molecular weight excluding hydrogens is 274 g/mol. The number of halogens is 1. The summed E-state index contributed by atoms with van der Waals surface area (Å²) in [5, 5.41) is 20.5. The Bertz CT molecular complexity index is 818. The molecule has 98 valence electrons. The fraction of sp³-hybridized carbons (Fsp3) is 0.0667. The van der Waals surface area contributed by atoms with Crippen LogP contribution in [0.2, 0.25) is 5.02 Å². The van der Waals surface area contributed by atoms with E-state index >= 15 is 0 Å². The van der Waals surface area contributed by atoms with E-state index in [0.29, 0.717) is 17.0 Å². The first-order valence-corrected chi connectivity index (χ1v) is 6.48. The number of rotatable bonds is 2. The monoisotopic (exact) mass is 284 g/mol. The first-order chi connectivity index (χ1) is 9.70. The maximum absolute atomic E-state index is 10.2. The summed E-state index contributed by atoms with van der Waals surface area (Å²) in [6.45, 7) is 0.486. The van der Waals surface area contributed by atoms with Crippen LogP contribution in [0.1, 0.15) is 5.56 Å². The van der Waals surface area contributed by atoms with Gasteiger partial charge >= 0.3 is 5.69 Å². The molecule has 0 aliphatic rings. The van der Waals surface area contributed by atoms with Gasteiger partial charge in [-0.1, -0.05) is 41.9 Å². The number of aromatic hydroxyl groups is 1. The first kappa shape index (κ1) is 12.5. The Balaban J connectivity index is 2.21. The average Bonchev–Trinajstić information content (AvgIpc) is 2.71. The fourth-order valence-electron chi connectivity index (χ4n) is 2.32. The number of diazo groups is 1. The van der Waals surface area contributed by atoms with E-state index in [2.05, 4.69) is 4.98 Å². The van der Waals surface area contributed by atoms with Gasteiger partial charge in [0, 0.05) is 5.02 Å². The van der Waals surface area contributed by atoms with E-state index in [1.54, 1.807) is 22.8 Å². The van der Waals surface area contributed by atoms with Crippen LogP contribution in [-0.4, -0.2) is 9.67 Å². The van der Waals surface area contributed by atoms with Crippen LogP contribution in [0.3, 0.4) is 0 Å². The number of hydrogen-bond acceptors (Lipinski definition) is 2. The van der Waals surface area contributed by atoms with E-state index in [4.69, 9.17) is 17.0 Å². The molecule has 5 heteroatoms. The highest BCUT2D eigenvalue weighted by Crippen LogP contribution is 2.40. The van der Waals surface area contributed by atoms with E-state index in [0.717, 1.165) is 11.1 Å². The van der Waals surface area contributed by atoms with Crippen LogP contribution in [0.4, 0.5) is 5.69 Å². The molecule has 2 aromatic carbocycles. The van der Waals surface area contributed by atoms with Gasteiger partial charge in [0.05, 0.1) is 12.1 Å². The quantitative estimate of drug-likeness (QED) is 0.703. The molecule has 0 aliphatic heterocycles. The van der Waals surface area contributed by atoms with Crippen molar-refractivity contribution >= 4 is 28.2 Å². The minimum Gasteiger partial charge on any atom is -0.489 e. The average molecular weight is 285 g/mol. The van der Waals surface area contributed by atoms with Gasteiger partial charge < -0.3 is 9.67 Å². The van der Waals surface area contributed by atoms with Crippen molar-refractivity contribution in [2.24, 2.45) is 0 Å². The third-order valence-electron chi connectivity index (χ3n) is 3.26. The summed E-state index contributed by atoms with van der Waals surface area (Å²) in [5.41, 5.74) is 1.95. The van der Waals surface area contributed by atoms with Gasteiger partial charge in [-0.05, 0) is 23.8 Å². The standard InChI is InChI=1S/C15H10ClN3O/c16-11-6-7-13-12(8-11)14(18-17)15(20)19(13)9-10-4-2-1-3-5-10/h1-8H,9H2/p+1. The Kier molecular flexibility index (Phi) is 3.05. The van der Waals surface area contributed by atoms with Crippen molar-refractivity contribution in [2.75, 3.05) is 0 Å². The first-order valence-electron chi connectivity index (χ1n) is 6.10. The molecular formula is C15H11ClN3O+. The molecule has 1 aromatic heterocycles. The SMILES string of the molecule is N#[N+]c1c(O)n(Cc2ccccc2)c2ccc(Cl)cc12. The van der Waals surface area contributed by atoms with Crippen LogP contribution in [0, 0.1) is 5.39 Å². The van der Waals surface area contributed by atoms with E-state index in [1.165, 1.54) is 0 Å². The van der Waals surface area contributed by atoms with Crippen molar-refractivity contribution in [3.05, 3.63) is 64.1 Å². The molecule has 0 fully saturated rings. The molecule has 1 N–H and O–H groups in total. The lowest BCUT2D eigenvalue weighted by Gasteiger charge is -2.05. The number of nitrogens with zero attached hydrogens (tertiary/aromatic N) is 3. The minimum atomic E-state index is -0.0754. The lowest BCUT2D eigenvalue weighted by Crippen LogP contribution is -1.98. The van der Waals surface area contributed by atoms with Crippen LogP contribution in [-0.2, 0) is 6.54 Å². The Morgan fingerprint density at radius 2 is 1.90 bits per heavy atom. The summed E-state index contributed by atoms with van der Waals surface area (Å²) >= 11 is 5.96. The summed E-state index contributed by atoms with van der Waals surface area (Å²) in [6, 6.07) is 15.0. The Labute approximate surface area is 120 Å². The number of benzene rings is 2. The Morgan fingerprint density at radius 3 is 2.60 bits per heavy atom. The van der Waals surface area contributed by atoms with Crippen LogP contribution in [0.25, 0.3) is 15.9 Å². The van der Waals surface area contributed by atoms with Gasteiger partial charge in [0.1, 0.15) is 5.39 Å². The summed E-state index contributed by atoms with van der Waals surface area (Å²) in [5.74, 6) is -0.0754. The normalized spacial score (nSPS) is 10.6. The molecule has 0 atom stereocenters. The zero-order chi connectivity index (χ0) is 14.1. The molecule has 1 heterocycles. The van der Waals surface area contributed by atoms with Crippen molar-refractivity contribution in [3.63, 3.8) is 0 Å². The minimum absolute atomic E-state index is 0.0754. The van der Waals surface area contributed by atoms with Gasteiger partial charge in [-0.15, -0.1) is 0 Å². The molecule has 3 aromatic rings. The van der Waals surface area contributed by atoms with Gasteiger partial charge in [-0.2, -0.15) is 0 Å². The highest BCUT2D eigenvalue weighted by Gasteiger charge is 2.26. The third-order valence-corrected chi connectivity index (χ3v) is 3.49. The molecule has 20 heavy (non-hydrogen) atoms. The van der Waals surface area contributed by atoms with Crippen LogP contribution in [0.15, 0.2) is 48.5 Å². The smallest absolute Gasteiger partial charge is 0.453 e. The molecule has 0 radical (unpaired) electrons. The maximum Gasteiger partial charge on any atom is 0.453 e. The summed E-state index contributed by atoms with van der Waals surface area (Å²) in [7, 11) is 0. The maximum atomic E-state index is 10.2. The van der Waals surface area contributed by atoms with Crippen molar-refractivity contribution in [1.82, 2.24) is 4.57 Å². The zero-order valence-electron chi connectivity index (χ0n) is 10.5. The van der Waals surface area contributed by atoms with Crippen LogP contribution in [0.5, 0.6) is 5.88 Å². The molecule has 3 rings (SSSR count). The third kappa shape index (κ3) is 1.98. The molecule has 0 saturated carbocycles. The second-order valence-corrected chi connectivity index (χ2v) is 4.94. The van der Waals surface area contributed by atoms with E-state index in [9.17, 15) is 5.11 Å². The van der Waals surface area contributed by atoms with Gasteiger partial charge in [0.25, 0.3) is 5.88 Å². The van der Waals surface area contributed by atoms with Gasteiger partial charge in [-0.25, -0.2) is 0 Å². The second-order valence-electron chi connectivity index (χ2n) is 4.51. The summed E-state index contributed by atoms with van der Waals surface area (Å²) < 4.78 is 1.69. The van der Waals surface area contributed by atoms with Crippen molar-refractivity contribution < 1.29 is 5.11 Å². The Morgan fingerprint density at radius 1 is 1.15 bits per heavy atom. The summed E-state index contributed by atoms with van der Waals surface area (Å²) in [6.07, 6.45) is 0. The second kappa shape index (κ2) is 4.87. The van der Waals surface area contributed by atoms with Crippen molar-refractivity contribution in [1.29, 1.82) is 5.39 Å². The largest absolute Gasteiger partial charge is 0.489 e. The van der Waals surface area contributed by atoms with Gasteiger partial charge in [0.15, 0.2) is 4.98 Å². The molecule has 0 saturated heterocycles. The van der Waals surface area contributed by atoms with Crippen molar-refractivity contribution in [3.8, 4) is 5.88 Å². The van der Waals surface area contributed by atoms with Crippen molar-refractivity contribution in [2.45, 2.75) is 6.54 Å². The van der Waals surface area contributed by atoms with Crippen LogP contribution < -0.4 is 0 Å².